The van der Waals surface area contributed by atoms with Gasteiger partial charge in [-0.3, -0.25) is 0 Å². The lowest BCUT2D eigenvalue weighted by molar-refractivity contribution is 0.396. The van der Waals surface area contributed by atoms with Gasteiger partial charge in [-0.15, -0.1) is 0 Å². The zero-order valence-electron chi connectivity index (χ0n) is 12.7. The van der Waals surface area contributed by atoms with Crippen LogP contribution in [0.1, 0.15) is 20.3 Å². The summed E-state index contributed by atoms with van der Waals surface area (Å²) in [5.74, 6) is 0.455. The van der Waals surface area contributed by atoms with E-state index in [9.17, 15) is 0 Å². The predicted molar refractivity (Wildman–Crippen MR) is 88.0 cm³/mol. The van der Waals surface area contributed by atoms with Crippen molar-refractivity contribution >= 4 is 0 Å². The molecule has 0 saturated carbocycles. The first-order valence-electron chi connectivity index (χ1n) is 6.60. The van der Waals surface area contributed by atoms with Crippen molar-refractivity contribution in [2.45, 2.75) is 20.3 Å². The molecule has 0 spiro atoms. The summed E-state index contributed by atoms with van der Waals surface area (Å²) in [4.78, 5) is 2.15. The largest absolute Gasteiger partial charge is 0.375 e. The van der Waals surface area contributed by atoms with E-state index >= 15 is 0 Å². The van der Waals surface area contributed by atoms with Gasteiger partial charge in [0.1, 0.15) is 0 Å². The summed E-state index contributed by atoms with van der Waals surface area (Å²) < 4.78 is 0. The first kappa shape index (κ1) is 17.2. The van der Waals surface area contributed by atoms with Crippen LogP contribution in [0.25, 0.3) is 0 Å². The Hall–Kier alpha value is -1.76. The molecule has 0 bridgehead atoms. The third kappa shape index (κ3) is 8.04. The van der Waals surface area contributed by atoms with Gasteiger partial charge in [0.2, 0.25) is 0 Å². The number of nitrogens with zero attached hydrogens (tertiary/aromatic N) is 1. The highest BCUT2D eigenvalue weighted by Crippen LogP contribution is 2.15. The zero-order chi connectivity index (χ0) is 14.8. The van der Waals surface area contributed by atoms with Gasteiger partial charge in [0.15, 0.2) is 0 Å². The number of hydrogen-bond donors (Lipinski definition) is 0. The van der Waals surface area contributed by atoms with Gasteiger partial charge < -0.3 is 4.90 Å². The van der Waals surface area contributed by atoms with Crippen LogP contribution in [0.5, 0.6) is 0 Å². The van der Waals surface area contributed by atoms with Crippen molar-refractivity contribution in [1.82, 2.24) is 4.90 Å². The molecule has 0 N–H and O–H groups in total. The molecule has 0 heterocycles. The number of likely N-dealkylation sites (N-methyl/N-ethyl adjacent to an activating group) is 1. The summed E-state index contributed by atoms with van der Waals surface area (Å²) in [5, 5.41) is 0. The molecule has 0 aliphatic carbocycles. The molecule has 0 rings (SSSR count). The lowest BCUT2D eigenvalue weighted by Crippen LogP contribution is -2.19. The molecule has 0 fully saturated rings. The fourth-order valence-electron chi connectivity index (χ4n) is 1.44. The quantitative estimate of drug-likeness (QED) is 0.532. The Kier molecular flexibility index (Phi) is 8.35. The molecule has 0 aliphatic rings. The average molecular weight is 257 g/mol. The second-order valence-corrected chi connectivity index (χ2v) is 4.95. The maximum atomic E-state index is 4.07. The number of hydrogen-bond acceptors (Lipinski definition) is 1. The molecular weight excluding hydrogens is 230 g/mol. The van der Waals surface area contributed by atoms with Gasteiger partial charge >= 0.3 is 0 Å². The van der Waals surface area contributed by atoms with Crippen LogP contribution in [0.2, 0.25) is 0 Å². The van der Waals surface area contributed by atoms with E-state index in [1.807, 2.05) is 31.2 Å². The number of allylic oxidation sites excluding steroid dienone is 7. The van der Waals surface area contributed by atoms with Crippen LogP contribution in [-0.2, 0) is 0 Å². The van der Waals surface area contributed by atoms with Crippen molar-refractivity contribution in [2.24, 2.45) is 5.92 Å². The summed E-state index contributed by atoms with van der Waals surface area (Å²) in [6, 6.07) is 0. The Morgan fingerprint density at radius 1 is 1.16 bits per heavy atom. The average Bonchev–Trinajstić information content (AvgIpc) is 2.38. The molecule has 104 valence electrons. The molecule has 1 heteroatoms. The molecule has 0 radical (unpaired) electrons. The van der Waals surface area contributed by atoms with Crippen LogP contribution in [-0.4, -0.2) is 18.5 Å². The molecule has 1 nitrogen and oxygen atoms in total. The van der Waals surface area contributed by atoms with Crippen LogP contribution < -0.4 is 0 Å². The van der Waals surface area contributed by atoms with Crippen molar-refractivity contribution in [2.75, 3.05) is 13.6 Å². The van der Waals surface area contributed by atoms with Gasteiger partial charge in [-0.05, 0) is 25.3 Å². The lowest BCUT2D eigenvalue weighted by atomic mass is 9.98. The summed E-state index contributed by atoms with van der Waals surface area (Å²) in [5.41, 5.74) is 3.17. The second kappa shape index (κ2) is 9.21. The Morgan fingerprint density at radius 2 is 1.79 bits per heavy atom. The minimum atomic E-state index is 0.455. The minimum absolute atomic E-state index is 0.455. The molecule has 19 heavy (non-hydrogen) atoms. The van der Waals surface area contributed by atoms with Gasteiger partial charge in [0, 0.05) is 19.3 Å². The van der Waals surface area contributed by atoms with Crippen LogP contribution in [0, 0.1) is 5.92 Å². The van der Waals surface area contributed by atoms with Crippen LogP contribution >= 0.6 is 0 Å². The predicted octanol–water partition coefficient (Wildman–Crippen LogP) is 4.89. The maximum absolute atomic E-state index is 4.07. The van der Waals surface area contributed by atoms with E-state index in [4.69, 9.17) is 0 Å². The maximum Gasteiger partial charge on any atom is 0.0290 e. The zero-order valence-corrected chi connectivity index (χ0v) is 12.7. The summed E-state index contributed by atoms with van der Waals surface area (Å²) in [7, 11) is 2.06. The lowest BCUT2D eigenvalue weighted by Gasteiger charge is -2.22. The van der Waals surface area contributed by atoms with E-state index in [1.165, 1.54) is 0 Å². The van der Waals surface area contributed by atoms with Crippen molar-refractivity contribution in [3.63, 3.8) is 0 Å². The van der Waals surface area contributed by atoms with Gasteiger partial charge in [-0.1, -0.05) is 68.7 Å². The van der Waals surface area contributed by atoms with E-state index in [1.54, 1.807) is 6.08 Å². The third-order valence-electron chi connectivity index (χ3n) is 3.03. The first-order chi connectivity index (χ1) is 8.88. The summed E-state index contributed by atoms with van der Waals surface area (Å²) in [6.07, 6.45) is 10.8. The van der Waals surface area contributed by atoms with Crippen LogP contribution in [0.15, 0.2) is 73.5 Å². The molecule has 0 aliphatic heterocycles. The van der Waals surface area contributed by atoms with Crippen molar-refractivity contribution < 1.29 is 0 Å². The Labute approximate surface area is 119 Å². The highest BCUT2D eigenvalue weighted by Gasteiger charge is 2.06. The van der Waals surface area contributed by atoms with E-state index in [2.05, 4.69) is 45.2 Å². The van der Waals surface area contributed by atoms with E-state index < -0.39 is 0 Å². The van der Waals surface area contributed by atoms with Gasteiger partial charge in [-0.2, -0.15) is 0 Å². The molecule has 1 atom stereocenters. The first-order valence-corrected chi connectivity index (χ1v) is 6.60. The molecular formula is C18H27N. The Balaban J connectivity index is 4.21. The highest BCUT2D eigenvalue weighted by molar-refractivity contribution is 5.22. The molecule has 0 aromatic rings. The topological polar surface area (TPSA) is 3.24 Å². The monoisotopic (exact) mass is 257 g/mol. The van der Waals surface area contributed by atoms with Crippen molar-refractivity contribution in [1.29, 1.82) is 0 Å². The van der Waals surface area contributed by atoms with Crippen molar-refractivity contribution in [3.05, 3.63) is 73.5 Å². The molecule has 1 unspecified atom stereocenters. The van der Waals surface area contributed by atoms with Crippen molar-refractivity contribution in [3.8, 4) is 0 Å². The highest BCUT2D eigenvalue weighted by atomic mass is 15.1. The molecule has 0 aromatic heterocycles. The Bertz CT molecular complexity index is 396. The Morgan fingerprint density at radius 3 is 2.32 bits per heavy atom. The SMILES string of the molecule is C=C/C=C\C(=C)C(C)CCN(C)C(=C)/C=C\C(=C)C. The smallest absolute Gasteiger partial charge is 0.0290 e. The minimum Gasteiger partial charge on any atom is -0.375 e. The fraction of sp³-hybridized carbons (Fsp3) is 0.333. The number of rotatable bonds is 9. The van der Waals surface area contributed by atoms with Crippen LogP contribution in [0.4, 0.5) is 0 Å². The molecule has 0 amide bonds. The van der Waals surface area contributed by atoms with E-state index in [-0.39, 0.29) is 0 Å². The second-order valence-electron chi connectivity index (χ2n) is 4.95. The molecule has 0 aromatic carbocycles. The van der Waals surface area contributed by atoms with E-state index in [0.717, 1.165) is 29.8 Å². The van der Waals surface area contributed by atoms with Crippen LogP contribution in [0.3, 0.4) is 0 Å². The van der Waals surface area contributed by atoms with E-state index in [0.29, 0.717) is 5.92 Å². The van der Waals surface area contributed by atoms with Gasteiger partial charge in [0.25, 0.3) is 0 Å². The standard InChI is InChI=1S/C18H27N/c1-8-9-10-16(4)17(5)13-14-19(7)18(6)12-11-15(2)3/h8-12,17H,1-2,4,6,13-14H2,3,5,7H3/b10-9-,12-11-. The summed E-state index contributed by atoms with van der Waals surface area (Å²) in [6.45, 7) is 20.7. The normalized spacial score (nSPS) is 12.6. The van der Waals surface area contributed by atoms with Gasteiger partial charge in [-0.25, -0.2) is 0 Å². The van der Waals surface area contributed by atoms with Gasteiger partial charge in [0.05, 0.1) is 0 Å². The molecule has 0 saturated heterocycles. The fourth-order valence-corrected chi connectivity index (χ4v) is 1.44. The third-order valence-corrected chi connectivity index (χ3v) is 3.03. The summed E-state index contributed by atoms with van der Waals surface area (Å²) >= 11 is 0.